The summed E-state index contributed by atoms with van der Waals surface area (Å²) in [6.45, 7) is 3.33. The smallest absolute Gasteiger partial charge is 0.0568 e. The van der Waals surface area contributed by atoms with Crippen molar-refractivity contribution in [3.8, 4) is 11.1 Å². The van der Waals surface area contributed by atoms with Crippen LogP contribution in [0.4, 0.5) is 0 Å². The Bertz CT molecular complexity index is 558. The summed E-state index contributed by atoms with van der Waals surface area (Å²) in [7, 11) is 0. The number of hydrogen-bond acceptors (Lipinski definition) is 3. The molecule has 0 aliphatic carbocycles. The Balaban J connectivity index is 1.72. The molecule has 0 bridgehead atoms. The number of benzene rings is 1. The predicted molar refractivity (Wildman–Crippen MR) is 79.1 cm³/mol. The van der Waals surface area contributed by atoms with Crippen molar-refractivity contribution in [1.82, 2.24) is 9.78 Å². The van der Waals surface area contributed by atoms with Crippen molar-refractivity contribution in [2.45, 2.75) is 25.9 Å². The Labute approximate surface area is 119 Å². The fraction of sp³-hybridized carbons (Fsp3) is 0.438. The fourth-order valence-corrected chi connectivity index (χ4v) is 2.68. The maximum Gasteiger partial charge on any atom is 0.0568 e. The van der Waals surface area contributed by atoms with Crippen LogP contribution in [0.25, 0.3) is 11.1 Å². The van der Waals surface area contributed by atoms with Crippen molar-refractivity contribution in [1.29, 1.82) is 0 Å². The predicted octanol–water partition coefficient (Wildman–Crippen LogP) is 2.44. The van der Waals surface area contributed by atoms with E-state index in [-0.39, 0.29) is 0 Å². The zero-order valence-corrected chi connectivity index (χ0v) is 11.7. The highest BCUT2D eigenvalue weighted by molar-refractivity contribution is 5.62. The van der Waals surface area contributed by atoms with E-state index in [1.807, 2.05) is 12.3 Å². The van der Waals surface area contributed by atoms with E-state index >= 15 is 0 Å². The van der Waals surface area contributed by atoms with E-state index in [1.54, 1.807) is 0 Å². The van der Waals surface area contributed by atoms with Crippen LogP contribution in [0.3, 0.4) is 0 Å². The third kappa shape index (κ3) is 3.08. The van der Waals surface area contributed by atoms with E-state index in [9.17, 15) is 0 Å². The SMILES string of the molecule is NCc1cccc(-c2cnn(CC3CCOCC3)c2)c1. The molecule has 0 amide bonds. The molecule has 4 nitrogen and oxygen atoms in total. The van der Waals surface area contributed by atoms with Gasteiger partial charge in [-0.05, 0) is 36.0 Å². The molecule has 2 heterocycles. The van der Waals surface area contributed by atoms with Gasteiger partial charge in [-0.25, -0.2) is 0 Å². The minimum atomic E-state index is 0.573. The maximum atomic E-state index is 5.69. The molecule has 1 saturated heterocycles. The molecule has 1 aliphatic heterocycles. The Kier molecular flexibility index (Phi) is 4.14. The molecular weight excluding hydrogens is 250 g/mol. The van der Waals surface area contributed by atoms with Gasteiger partial charge in [-0.3, -0.25) is 4.68 Å². The second-order valence-corrected chi connectivity index (χ2v) is 5.41. The lowest BCUT2D eigenvalue weighted by atomic mass is 10.0. The van der Waals surface area contributed by atoms with Crippen LogP contribution in [0.5, 0.6) is 0 Å². The summed E-state index contributed by atoms with van der Waals surface area (Å²) in [5.41, 5.74) is 9.19. The quantitative estimate of drug-likeness (QED) is 0.929. The molecule has 1 fully saturated rings. The van der Waals surface area contributed by atoms with Crippen LogP contribution >= 0.6 is 0 Å². The van der Waals surface area contributed by atoms with Crippen molar-refractivity contribution >= 4 is 0 Å². The van der Waals surface area contributed by atoms with Crippen LogP contribution < -0.4 is 5.73 Å². The van der Waals surface area contributed by atoms with Crippen molar-refractivity contribution < 1.29 is 4.74 Å². The summed E-state index contributed by atoms with van der Waals surface area (Å²) in [6.07, 6.45) is 6.34. The first-order valence-electron chi connectivity index (χ1n) is 7.25. The first-order chi connectivity index (χ1) is 9.85. The number of aromatic nitrogens is 2. The van der Waals surface area contributed by atoms with Crippen LogP contribution in [-0.2, 0) is 17.8 Å². The molecule has 0 unspecified atom stereocenters. The summed E-state index contributed by atoms with van der Waals surface area (Å²) >= 11 is 0. The van der Waals surface area contributed by atoms with Gasteiger partial charge in [0.2, 0.25) is 0 Å². The fourth-order valence-electron chi connectivity index (χ4n) is 2.68. The number of nitrogens with two attached hydrogens (primary N) is 1. The lowest BCUT2D eigenvalue weighted by molar-refractivity contribution is 0.0601. The van der Waals surface area contributed by atoms with Crippen LogP contribution in [-0.4, -0.2) is 23.0 Å². The molecule has 1 aromatic heterocycles. The Morgan fingerprint density at radius 2 is 2.10 bits per heavy atom. The molecular formula is C16H21N3O. The topological polar surface area (TPSA) is 53.1 Å². The third-order valence-electron chi connectivity index (χ3n) is 3.92. The van der Waals surface area contributed by atoms with Crippen molar-refractivity contribution in [2.24, 2.45) is 11.7 Å². The van der Waals surface area contributed by atoms with Gasteiger partial charge in [-0.15, -0.1) is 0 Å². The van der Waals surface area contributed by atoms with Gasteiger partial charge < -0.3 is 10.5 Å². The van der Waals surface area contributed by atoms with E-state index in [1.165, 1.54) is 5.56 Å². The summed E-state index contributed by atoms with van der Waals surface area (Å²) in [5, 5.41) is 4.49. The normalized spacial score (nSPS) is 16.4. The zero-order chi connectivity index (χ0) is 13.8. The summed E-state index contributed by atoms with van der Waals surface area (Å²) in [5.74, 6) is 0.687. The van der Waals surface area contributed by atoms with Crippen molar-refractivity contribution in [3.05, 3.63) is 42.2 Å². The lowest BCUT2D eigenvalue weighted by Crippen LogP contribution is -2.20. The van der Waals surface area contributed by atoms with Crippen molar-refractivity contribution in [2.75, 3.05) is 13.2 Å². The molecule has 0 radical (unpaired) electrons. The highest BCUT2D eigenvalue weighted by Gasteiger charge is 2.14. The largest absolute Gasteiger partial charge is 0.381 e. The standard InChI is InChI=1S/C16H21N3O/c17-9-14-2-1-3-15(8-14)16-10-18-19(12-16)11-13-4-6-20-7-5-13/h1-3,8,10,12-13H,4-7,9,11,17H2. The van der Waals surface area contributed by atoms with E-state index in [0.717, 1.165) is 43.7 Å². The highest BCUT2D eigenvalue weighted by atomic mass is 16.5. The van der Waals surface area contributed by atoms with Crippen LogP contribution in [0.1, 0.15) is 18.4 Å². The van der Waals surface area contributed by atoms with Crippen LogP contribution in [0.2, 0.25) is 0 Å². The molecule has 0 spiro atoms. The molecule has 1 aromatic carbocycles. The summed E-state index contributed by atoms with van der Waals surface area (Å²) < 4.78 is 7.45. The van der Waals surface area contributed by atoms with Crippen LogP contribution in [0, 0.1) is 5.92 Å². The minimum Gasteiger partial charge on any atom is -0.381 e. The summed E-state index contributed by atoms with van der Waals surface area (Å²) in [6, 6.07) is 8.34. The minimum absolute atomic E-state index is 0.573. The Morgan fingerprint density at radius 1 is 1.25 bits per heavy atom. The molecule has 3 rings (SSSR count). The van der Waals surface area contributed by atoms with E-state index in [4.69, 9.17) is 10.5 Å². The van der Waals surface area contributed by atoms with Gasteiger partial charge in [-0.2, -0.15) is 5.10 Å². The molecule has 0 saturated carbocycles. The van der Waals surface area contributed by atoms with E-state index in [2.05, 4.69) is 34.2 Å². The van der Waals surface area contributed by atoms with Gasteiger partial charge in [0.05, 0.1) is 6.20 Å². The van der Waals surface area contributed by atoms with Gasteiger partial charge >= 0.3 is 0 Å². The van der Waals surface area contributed by atoms with E-state index in [0.29, 0.717) is 12.5 Å². The number of nitrogens with zero attached hydrogens (tertiary/aromatic N) is 2. The van der Waals surface area contributed by atoms with Crippen LogP contribution in [0.15, 0.2) is 36.7 Å². The number of hydrogen-bond donors (Lipinski definition) is 1. The van der Waals surface area contributed by atoms with Crippen molar-refractivity contribution in [3.63, 3.8) is 0 Å². The van der Waals surface area contributed by atoms with Gasteiger partial charge in [0.15, 0.2) is 0 Å². The third-order valence-corrected chi connectivity index (χ3v) is 3.92. The summed E-state index contributed by atoms with van der Waals surface area (Å²) in [4.78, 5) is 0. The van der Waals surface area contributed by atoms with Gasteiger partial charge in [0.25, 0.3) is 0 Å². The molecule has 1 aliphatic rings. The number of ether oxygens (including phenoxy) is 1. The van der Waals surface area contributed by atoms with Gasteiger partial charge in [-0.1, -0.05) is 18.2 Å². The van der Waals surface area contributed by atoms with E-state index < -0.39 is 0 Å². The first kappa shape index (κ1) is 13.3. The van der Waals surface area contributed by atoms with Gasteiger partial charge in [0, 0.05) is 38.1 Å². The zero-order valence-electron chi connectivity index (χ0n) is 11.7. The molecule has 4 heteroatoms. The molecule has 20 heavy (non-hydrogen) atoms. The maximum absolute atomic E-state index is 5.69. The lowest BCUT2D eigenvalue weighted by Gasteiger charge is -2.21. The second kappa shape index (κ2) is 6.20. The average molecular weight is 271 g/mol. The van der Waals surface area contributed by atoms with Gasteiger partial charge in [0.1, 0.15) is 0 Å². The average Bonchev–Trinajstić information content (AvgIpc) is 2.97. The highest BCUT2D eigenvalue weighted by Crippen LogP contribution is 2.22. The molecule has 2 aromatic rings. The second-order valence-electron chi connectivity index (χ2n) is 5.41. The monoisotopic (exact) mass is 271 g/mol. The number of rotatable bonds is 4. The Hall–Kier alpha value is -1.65. The molecule has 0 atom stereocenters. The Morgan fingerprint density at radius 3 is 2.90 bits per heavy atom. The molecule has 106 valence electrons. The molecule has 2 N–H and O–H groups in total. The first-order valence-corrected chi connectivity index (χ1v) is 7.25.